The molecule has 0 aliphatic rings. The molecule has 1 atom stereocenters. The summed E-state index contributed by atoms with van der Waals surface area (Å²) in [6, 6.07) is 1.18. The van der Waals surface area contributed by atoms with Crippen LogP contribution in [0.5, 0.6) is 0 Å². The SMILES string of the molecule is CCCCCC(=O)N[C@@H](CCC(=O)Nc1c(C)cc(C)c(Br)c1C)C(=O)NCCOCCNC(=O)CCC. The molecule has 0 saturated heterocycles. The predicted octanol–water partition coefficient (Wildman–Crippen LogP) is 4.21. The van der Waals surface area contributed by atoms with Crippen LogP contribution in [0.15, 0.2) is 10.5 Å². The molecular formula is C28H45BrN4O5. The van der Waals surface area contributed by atoms with E-state index >= 15 is 0 Å². The molecule has 1 rings (SSSR count). The number of aryl methyl sites for hydroxylation is 2. The smallest absolute Gasteiger partial charge is 0.242 e. The molecule has 0 spiro atoms. The van der Waals surface area contributed by atoms with E-state index in [1.54, 1.807) is 0 Å². The minimum absolute atomic E-state index is 0.00806. The summed E-state index contributed by atoms with van der Waals surface area (Å²) in [5.41, 5.74) is 3.74. The Morgan fingerprint density at radius 2 is 1.53 bits per heavy atom. The molecule has 4 amide bonds. The van der Waals surface area contributed by atoms with E-state index in [0.717, 1.165) is 52.5 Å². The van der Waals surface area contributed by atoms with Crippen molar-refractivity contribution in [3.05, 3.63) is 27.2 Å². The number of unbranched alkanes of at least 4 members (excludes halogenated alkanes) is 2. The molecule has 0 heterocycles. The van der Waals surface area contributed by atoms with Gasteiger partial charge in [-0.3, -0.25) is 19.2 Å². The van der Waals surface area contributed by atoms with Crippen LogP contribution in [-0.4, -0.2) is 56.0 Å². The maximum absolute atomic E-state index is 12.8. The number of hydrogen-bond acceptors (Lipinski definition) is 5. The van der Waals surface area contributed by atoms with Crippen molar-refractivity contribution in [1.29, 1.82) is 0 Å². The lowest BCUT2D eigenvalue weighted by molar-refractivity contribution is -0.129. The number of anilines is 1. The first-order chi connectivity index (χ1) is 18.1. The summed E-state index contributed by atoms with van der Waals surface area (Å²) in [5.74, 6) is -0.788. The average molecular weight is 598 g/mol. The molecule has 1 aromatic rings. The summed E-state index contributed by atoms with van der Waals surface area (Å²) in [5, 5.41) is 11.3. The van der Waals surface area contributed by atoms with Crippen molar-refractivity contribution in [2.24, 2.45) is 0 Å². The monoisotopic (exact) mass is 596 g/mol. The van der Waals surface area contributed by atoms with Crippen LogP contribution in [0.2, 0.25) is 0 Å². The number of nitrogens with one attached hydrogen (secondary N) is 4. The summed E-state index contributed by atoms with van der Waals surface area (Å²) in [6.07, 6.45) is 4.55. The Morgan fingerprint density at radius 1 is 0.842 bits per heavy atom. The van der Waals surface area contributed by atoms with E-state index in [-0.39, 0.29) is 49.6 Å². The van der Waals surface area contributed by atoms with E-state index in [0.29, 0.717) is 26.0 Å². The third-order valence-electron chi connectivity index (χ3n) is 6.05. The number of rotatable bonds is 18. The highest BCUT2D eigenvalue weighted by molar-refractivity contribution is 9.10. The van der Waals surface area contributed by atoms with Gasteiger partial charge in [0.1, 0.15) is 6.04 Å². The van der Waals surface area contributed by atoms with E-state index in [4.69, 9.17) is 4.74 Å². The van der Waals surface area contributed by atoms with Gasteiger partial charge in [0, 0.05) is 42.5 Å². The van der Waals surface area contributed by atoms with Gasteiger partial charge in [0.25, 0.3) is 0 Å². The topological polar surface area (TPSA) is 126 Å². The second kappa shape index (κ2) is 18.7. The minimum atomic E-state index is -0.824. The van der Waals surface area contributed by atoms with Gasteiger partial charge in [-0.25, -0.2) is 0 Å². The molecule has 9 nitrogen and oxygen atoms in total. The van der Waals surface area contributed by atoms with E-state index in [9.17, 15) is 19.2 Å². The van der Waals surface area contributed by atoms with Crippen LogP contribution >= 0.6 is 15.9 Å². The number of benzene rings is 1. The van der Waals surface area contributed by atoms with Gasteiger partial charge < -0.3 is 26.0 Å². The van der Waals surface area contributed by atoms with Crippen molar-refractivity contribution in [2.45, 2.75) is 92.0 Å². The number of amides is 4. The fourth-order valence-electron chi connectivity index (χ4n) is 3.95. The summed E-state index contributed by atoms with van der Waals surface area (Å²) in [7, 11) is 0. The molecule has 0 aliphatic heterocycles. The molecule has 0 aliphatic carbocycles. The highest BCUT2D eigenvalue weighted by atomic mass is 79.9. The fraction of sp³-hybridized carbons (Fsp3) is 0.643. The predicted molar refractivity (Wildman–Crippen MR) is 154 cm³/mol. The zero-order valence-corrected chi connectivity index (χ0v) is 25.1. The van der Waals surface area contributed by atoms with Crippen LogP contribution in [0.1, 0.15) is 81.9 Å². The lowest BCUT2D eigenvalue weighted by Crippen LogP contribution is -2.47. The second-order valence-electron chi connectivity index (χ2n) is 9.49. The van der Waals surface area contributed by atoms with Gasteiger partial charge in [-0.2, -0.15) is 0 Å². The first kappa shape index (κ1) is 33.6. The Labute approximate surface area is 235 Å². The van der Waals surface area contributed by atoms with Gasteiger partial charge in [0.15, 0.2) is 0 Å². The lowest BCUT2D eigenvalue weighted by atomic mass is 10.0. The number of hydrogen-bond donors (Lipinski definition) is 4. The van der Waals surface area contributed by atoms with Gasteiger partial charge in [0.05, 0.1) is 13.2 Å². The standard InChI is InChI=1S/C28H45BrN4O5/c1-6-8-9-11-24(35)32-22(28(37)31-15-17-38-16-14-30-23(34)10-7-2)12-13-25(36)33-27-20(4)18-19(3)26(29)21(27)5/h18,22H,6-17H2,1-5H3,(H,30,34)(H,31,37)(H,32,35)(H,33,36)/t22-/m0/s1. The average Bonchev–Trinajstić information content (AvgIpc) is 2.87. The second-order valence-corrected chi connectivity index (χ2v) is 10.3. The Kier molecular flexibility index (Phi) is 16.6. The largest absolute Gasteiger partial charge is 0.378 e. The molecule has 0 radical (unpaired) electrons. The maximum atomic E-state index is 12.8. The van der Waals surface area contributed by atoms with E-state index in [1.807, 2.05) is 33.8 Å². The molecule has 38 heavy (non-hydrogen) atoms. The number of carbonyl (C=O) groups is 4. The molecule has 0 fully saturated rings. The normalized spacial score (nSPS) is 11.5. The fourth-order valence-corrected chi connectivity index (χ4v) is 4.26. The van der Waals surface area contributed by atoms with Crippen molar-refractivity contribution in [1.82, 2.24) is 16.0 Å². The van der Waals surface area contributed by atoms with Crippen molar-refractivity contribution in [2.75, 3.05) is 31.6 Å². The highest BCUT2D eigenvalue weighted by Gasteiger charge is 2.22. The molecule has 0 aromatic heterocycles. The van der Waals surface area contributed by atoms with Gasteiger partial charge in [-0.05, 0) is 56.7 Å². The number of ether oxygens (including phenoxy) is 1. The zero-order valence-electron chi connectivity index (χ0n) is 23.6. The van der Waals surface area contributed by atoms with Crippen LogP contribution in [-0.2, 0) is 23.9 Å². The van der Waals surface area contributed by atoms with Crippen LogP contribution < -0.4 is 21.3 Å². The lowest BCUT2D eigenvalue weighted by Gasteiger charge is -2.19. The number of carbonyl (C=O) groups excluding carboxylic acids is 4. The number of halogens is 1. The molecule has 10 heteroatoms. The first-order valence-electron chi connectivity index (χ1n) is 13.6. The van der Waals surface area contributed by atoms with Crippen molar-refractivity contribution < 1.29 is 23.9 Å². The van der Waals surface area contributed by atoms with Crippen LogP contribution in [0, 0.1) is 20.8 Å². The summed E-state index contributed by atoms with van der Waals surface area (Å²) < 4.78 is 6.40. The molecule has 1 aromatic carbocycles. The Morgan fingerprint density at radius 3 is 2.18 bits per heavy atom. The molecule has 0 saturated carbocycles. The third-order valence-corrected chi connectivity index (χ3v) is 7.27. The highest BCUT2D eigenvalue weighted by Crippen LogP contribution is 2.31. The molecular weight excluding hydrogens is 552 g/mol. The first-order valence-corrected chi connectivity index (χ1v) is 14.4. The minimum Gasteiger partial charge on any atom is -0.378 e. The van der Waals surface area contributed by atoms with Gasteiger partial charge in [-0.1, -0.05) is 48.7 Å². The third kappa shape index (κ3) is 12.9. The molecule has 4 N–H and O–H groups in total. The van der Waals surface area contributed by atoms with E-state index < -0.39 is 6.04 Å². The summed E-state index contributed by atoms with van der Waals surface area (Å²) >= 11 is 3.56. The van der Waals surface area contributed by atoms with Crippen LogP contribution in [0.25, 0.3) is 0 Å². The van der Waals surface area contributed by atoms with Crippen LogP contribution in [0.3, 0.4) is 0 Å². The maximum Gasteiger partial charge on any atom is 0.242 e. The summed E-state index contributed by atoms with van der Waals surface area (Å²) in [4.78, 5) is 49.5. The molecule has 0 unspecified atom stereocenters. The Hall–Kier alpha value is -2.46. The Balaban J connectivity index is 2.62. The van der Waals surface area contributed by atoms with Crippen molar-refractivity contribution in [3.63, 3.8) is 0 Å². The van der Waals surface area contributed by atoms with Gasteiger partial charge >= 0.3 is 0 Å². The van der Waals surface area contributed by atoms with E-state index in [1.165, 1.54) is 0 Å². The van der Waals surface area contributed by atoms with Crippen molar-refractivity contribution >= 4 is 45.2 Å². The van der Waals surface area contributed by atoms with Crippen LogP contribution in [0.4, 0.5) is 5.69 Å². The van der Waals surface area contributed by atoms with Crippen molar-refractivity contribution in [3.8, 4) is 0 Å². The molecule has 214 valence electrons. The quantitative estimate of drug-likeness (QED) is 0.189. The van der Waals surface area contributed by atoms with Gasteiger partial charge in [0.2, 0.25) is 23.6 Å². The summed E-state index contributed by atoms with van der Waals surface area (Å²) in [6.45, 7) is 11.2. The Bertz CT molecular complexity index is 938. The van der Waals surface area contributed by atoms with E-state index in [2.05, 4.69) is 44.1 Å². The zero-order chi connectivity index (χ0) is 28.5. The molecule has 0 bridgehead atoms. The van der Waals surface area contributed by atoms with Gasteiger partial charge in [-0.15, -0.1) is 0 Å².